The van der Waals surface area contributed by atoms with Gasteiger partial charge in [-0.1, -0.05) is 6.42 Å². The molecule has 2 heterocycles. The highest BCUT2D eigenvalue weighted by atomic mass is 16.5. The van der Waals surface area contributed by atoms with E-state index in [1.807, 2.05) is 19.1 Å². The van der Waals surface area contributed by atoms with E-state index < -0.39 is 0 Å². The molecule has 29 heavy (non-hydrogen) atoms. The number of likely N-dealkylation sites (N-methyl/N-ethyl adjacent to an activating group) is 1. The molecular weight excluding hydrogens is 370 g/mol. The van der Waals surface area contributed by atoms with E-state index in [0.717, 1.165) is 38.4 Å². The molecule has 1 saturated heterocycles. The monoisotopic (exact) mass is 407 g/mol. The molecule has 0 aliphatic carbocycles. The van der Waals surface area contributed by atoms with E-state index in [9.17, 15) is 4.79 Å². The third kappa shape index (κ3) is 8.45. The molecule has 1 amide bonds. The van der Waals surface area contributed by atoms with Gasteiger partial charge in [-0.05, 0) is 51.4 Å². The van der Waals surface area contributed by atoms with E-state index in [0.29, 0.717) is 19.1 Å². The van der Waals surface area contributed by atoms with Crippen LogP contribution < -0.4 is 10.6 Å². The Morgan fingerprint density at radius 2 is 2.10 bits per heavy atom. The third-order valence-corrected chi connectivity index (χ3v) is 5.00. The van der Waals surface area contributed by atoms with Gasteiger partial charge in [-0.3, -0.25) is 9.69 Å². The van der Waals surface area contributed by atoms with Gasteiger partial charge in [0.25, 0.3) is 0 Å². The molecule has 0 radical (unpaired) electrons. The Labute approximate surface area is 174 Å². The Bertz CT molecular complexity index is 597. The van der Waals surface area contributed by atoms with Crippen molar-refractivity contribution in [1.82, 2.24) is 20.4 Å². The van der Waals surface area contributed by atoms with Crippen LogP contribution in [0, 0.1) is 0 Å². The molecule has 0 saturated carbocycles. The SMILES string of the molecule is CCOCCCNC(=NCC(=O)N(C)C)NCC(c1ccco1)N1CCCCC1. The summed E-state index contributed by atoms with van der Waals surface area (Å²) in [5.74, 6) is 1.57. The summed E-state index contributed by atoms with van der Waals surface area (Å²) < 4.78 is 11.1. The fourth-order valence-electron chi connectivity index (χ4n) is 3.30. The van der Waals surface area contributed by atoms with Crippen molar-refractivity contribution in [3.63, 3.8) is 0 Å². The van der Waals surface area contributed by atoms with Crippen molar-refractivity contribution in [2.45, 2.75) is 38.6 Å². The number of carbonyl (C=O) groups is 1. The fourth-order valence-corrected chi connectivity index (χ4v) is 3.30. The minimum absolute atomic E-state index is 0.0287. The molecule has 1 aromatic heterocycles. The van der Waals surface area contributed by atoms with Crippen molar-refractivity contribution in [2.75, 3.05) is 60.0 Å². The molecule has 0 spiro atoms. The Morgan fingerprint density at radius 3 is 2.76 bits per heavy atom. The summed E-state index contributed by atoms with van der Waals surface area (Å²) in [6, 6.07) is 4.11. The maximum atomic E-state index is 12.0. The number of piperidine rings is 1. The topological polar surface area (TPSA) is 82.3 Å². The van der Waals surface area contributed by atoms with E-state index in [-0.39, 0.29) is 18.5 Å². The summed E-state index contributed by atoms with van der Waals surface area (Å²) in [5.41, 5.74) is 0. The quantitative estimate of drug-likeness (QED) is 0.331. The zero-order chi connectivity index (χ0) is 20.9. The zero-order valence-corrected chi connectivity index (χ0v) is 18.2. The lowest BCUT2D eigenvalue weighted by molar-refractivity contribution is -0.127. The van der Waals surface area contributed by atoms with Crippen molar-refractivity contribution in [1.29, 1.82) is 0 Å². The first-order valence-corrected chi connectivity index (χ1v) is 10.7. The van der Waals surface area contributed by atoms with Gasteiger partial charge in [-0.2, -0.15) is 0 Å². The summed E-state index contributed by atoms with van der Waals surface area (Å²) in [6.07, 6.45) is 6.32. The van der Waals surface area contributed by atoms with Gasteiger partial charge in [0.15, 0.2) is 5.96 Å². The van der Waals surface area contributed by atoms with Crippen LogP contribution >= 0.6 is 0 Å². The standard InChI is InChI=1S/C21H37N5O3/c1-4-28-14-9-11-22-21(24-17-20(27)25(2)3)23-16-18(19-10-8-15-29-19)26-12-6-5-7-13-26/h8,10,15,18H,4-7,9,11-14,16-17H2,1-3H3,(H2,22,23,24). The number of nitrogens with zero attached hydrogens (tertiary/aromatic N) is 3. The molecule has 2 N–H and O–H groups in total. The van der Waals surface area contributed by atoms with Crippen molar-refractivity contribution in [3.05, 3.63) is 24.2 Å². The summed E-state index contributed by atoms with van der Waals surface area (Å²) in [6.45, 7) is 7.07. The minimum atomic E-state index is -0.0287. The van der Waals surface area contributed by atoms with Crippen molar-refractivity contribution >= 4 is 11.9 Å². The van der Waals surface area contributed by atoms with Crippen LogP contribution in [0.2, 0.25) is 0 Å². The zero-order valence-electron chi connectivity index (χ0n) is 18.2. The lowest BCUT2D eigenvalue weighted by Gasteiger charge is -2.33. The molecule has 1 fully saturated rings. The van der Waals surface area contributed by atoms with Crippen LogP contribution in [-0.4, -0.2) is 81.7 Å². The second kappa shape index (κ2) is 13.2. The number of likely N-dealkylation sites (tertiary alicyclic amines) is 1. The Morgan fingerprint density at radius 1 is 1.31 bits per heavy atom. The molecule has 1 aromatic rings. The largest absolute Gasteiger partial charge is 0.468 e. The molecule has 0 aromatic carbocycles. The predicted octanol–water partition coefficient (Wildman–Crippen LogP) is 1.86. The molecule has 8 nitrogen and oxygen atoms in total. The first-order valence-electron chi connectivity index (χ1n) is 10.7. The number of hydrogen-bond donors (Lipinski definition) is 2. The van der Waals surface area contributed by atoms with Crippen LogP contribution in [0.15, 0.2) is 27.8 Å². The van der Waals surface area contributed by atoms with Crippen molar-refractivity contribution in [2.24, 2.45) is 4.99 Å². The summed E-state index contributed by atoms with van der Waals surface area (Å²) in [7, 11) is 3.48. The summed E-state index contributed by atoms with van der Waals surface area (Å²) >= 11 is 0. The van der Waals surface area contributed by atoms with Crippen LogP contribution in [0.25, 0.3) is 0 Å². The molecule has 1 atom stereocenters. The van der Waals surface area contributed by atoms with Gasteiger partial charge in [-0.15, -0.1) is 0 Å². The number of guanidine groups is 1. The van der Waals surface area contributed by atoms with E-state index in [1.165, 1.54) is 19.3 Å². The molecule has 8 heteroatoms. The van der Waals surface area contributed by atoms with E-state index in [2.05, 4.69) is 20.5 Å². The Kier molecular flexibility index (Phi) is 10.6. The number of ether oxygens (including phenoxy) is 1. The lowest BCUT2D eigenvalue weighted by Crippen LogP contribution is -2.45. The second-order valence-electron chi connectivity index (χ2n) is 7.44. The molecule has 1 aliphatic rings. The van der Waals surface area contributed by atoms with Gasteiger partial charge in [0.2, 0.25) is 5.91 Å². The highest BCUT2D eigenvalue weighted by molar-refractivity contribution is 5.84. The number of nitrogens with one attached hydrogen (secondary N) is 2. The fraction of sp³-hybridized carbons (Fsp3) is 0.714. The minimum Gasteiger partial charge on any atom is -0.468 e. The van der Waals surface area contributed by atoms with Gasteiger partial charge in [0.1, 0.15) is 12.3 Å². The number of carbonyl (C=O) groups excluding carboxylic acids is 1. The number of hydrogen-bond acceptors (Lipinski definition) is 5. The molecule has 0 bridgehead atoms. The normalized spacial score (nSPS) is 16.4. The van der Waals surface area contributed by atoms with Gasteiger partial charge in [0.05, 0.1) is 12.3 Å². The highest BCUT2D eigenvalue weighted by Crippen LogP contribution is 2.24. The molecule has 164 valence electrons. The summed E-state index contributed by atoms with van der Waals surface area (Å²) in [5, 5.41) is 6.73. The third-order valence-electron chi connectivity index (χ3n) is 5.00. The summed E-state index contributed by atoms with van der Waals surface area (Å²) in [4.78, 5) is 20.4. The van der Waals surface area contributed by atoms with Gasteiger partial charge < -0.3 is 24.7 Å². The first kappa shape index (κ1) is 23.2. The molecular formula is C21H37N5O3. The van der Waals surface area contributed by atoms with Gasteiger partial charge in [0, 0.05) is 40.4 Å². The van der Waals surface area contributed by atoms with Crippen LogP contribution in [0.1, 0.15) is 44.4 Å². The maximum absolute atomic E-state index is 12.0. The second-order valence-corrected chi connectivity index (χ2v) is 7.44. The molecule has 2 rings (SSSR count). The van der Waals surface area contributed by atoms with Crippen molar-refractivity contribution in [3.8, 4) is 0 Å². The highest BCUT2D eigenvalue weighted by Gasteiger charge is 2.24. The molecule has 1 aliphatic heterocycles. The number of amides is 1. The Balaban J connectivity index is 1.97. The van der Waals surface area contributed by atoms with Gasteiger partial charge >= 0.3 is 0 Å². The molecule has 1 unspecified atom stereocenters. The lowest BCUT2D eigenvalue weighted by atomic mass is 10.1. The number of furan rings is 1. The predicted molar refractivity (Wildman–Crippen MR) is 115 cm³/mol. The van der Waals surface area contributed by atoms with Crippen molar-refractivity contribution < 1.29 is 13.9 Å². The smallest absolute Gasteiger partial charge is 0.243 e. The maximum Gasteiger partial charge on any atom is 0.243 e. The van der Waals surface area contributed by atoms with E-state index >= 15 is 0 Å². The Hall–Kier alpha value is -2.06. The van der Waals surface area contributed by atoms with Crippen LogP contribution in [-0.2, 0) is 9.53 Å². The average molecular weight is 408 g/mol. The van der Waals surface area contributed by atoms with E-state index in [1.54, 1.807) is 25.3 Å². The van der Waals surface area contributed by atoms with Gasteiger partial charge in [-0.25, -0.2) is 4.99 Å². The van der Waals surface area contributed by atoms with Crippen LogP contribution in [0.3, 0.4) is 0 Å². The van der Waals surface area contributed by atoms with Crippen LogP contribution in [0.4, 0.5) is 0 Å². The number of aliphatic imine (C=N–C) groups is 1. The first-order chi connectivity index (χ1) is 14.1. The number of rotatable bonds is 11. The van der Waals surface area contributed by atoms with E-state index in [4.69, 9.17) is 9.15 Å². The average Bonchev–Trinajstić information content (AvgIpc) is 3.26. The van der Waals surface area contributed by atoms with Crippen LogP contribution in [0.5, 0.6) is 0 Å².